The summed E-state index contributed by atoms with van der Waals surface area (Å²) in [4.78, 5) is 33.5. The number of anilines is 1. The number of H-pyrrole nitrogens is 1. The molecule has 9 nitrogen and oxygen atoms in total. The lowest BCUT2D eigenvalue weighted by atomic mass is 9.60. The first-order valence-electron chi connectivity index (χ1n) is 13.8. The van der Waals surface area contributed by atoms with Crippen LogP contribution in [0.5, 0.6) is 0 Å². The zero-order valence-electron chi connectivity index (χ0n) is 21.8. The minimum atomic E-state index is -0.00527. The molecule has 38 heavy (non-hydrogen) atoms. The summed E-state index contributed by atoms with van der Waals surface area (Å²) in [7, 11) is 1.74. The predicted molar refractivity (Wildman–Crippen MR) is 143 cm³/mol. The van der Waals surface area contributed by atoms with Crippen molar-refractivity contribution in [2.75, 3.05) is 57.9 Å². The fraction of sp³-hybridized carbons (Fsp3) is 0.517. The number of ether oxygens (including phenoxy) is 1. The van der Waals surface area contributed by atoms with E-state index in [-0.39, 0.29) is 11.8 Å². The number of nitrogens with one attached hydrogen (secondary N) is 1. The molecule has 0 spiro atoms. The third-order valence-electron chi connectivity index (χ3n) is 9.45. The van der Waals surface area contributed by atoms with Crippen LogP contribution in [0.15, 0.2) is 42.5 Å². The monoisotopic (exact) mass is 514 g/mol. The molecule has 3 fully saturated rings. The molecule has 3 aliphatic heterocycles. The standard InChI is InChI=1S/C29H34N6O3/c1-38-10-4-9-33-13-20(11-18-5-2-3-6-27(18)33)29(37)35-16-23-21-14-34(15-22(21)24(23)17-35)28(36)19-7-8-25-26(12-19)31-32-30-25/h2-3,5-8,12,20-24H,4,9-11,13-17H2,1H3,(H,30,31,32)/t20?,21-,22+,23?,24?. The Morgan fingerprint density at radius 3 is 2.39 bits per heavy atom. The second-order valence-corrected chi connectivity index (χ2v) is 11.5. The molecule has 3 unspecified atom stereocenters. The van der Waals surface area contributed by atoms with Crippen LogP contribution in [-0.4, -0.2) is 90.0 Å². The van der Waals surface area contributed by atoms with Crippen molar-refractivity contribution in [3.63, 3.8) is 0 Å². The molecule has 198 valence electrons. The second-order valence-electron chi connectivity index (χ2n) is 11.5. The van der Waals surface area contributed by atoms with E-state index in [2.05, 4.69) is 49.5 Å². The van der Waals surface area contributed by atoms with Crippen LogP contribution >= 0.6 is 0 Å². The van der Waals surface area contributed by atoms with Gasteiger partial charge in [0.2, 0.25) is 5.91 Å². The third-order valence-corrected chi connectivity index (χ3v) is 9.45. The third kappa shape index (κ3) is 3.86. The van der Waals surface area contributed by atoms with E-state index in [4.69, 9.17) is 4.74 Å². The Labute approximate surface area is 222 Å². The summed E-state index contributed by atoms with van der Waals surface area (Å²) in [6, 6.07) is 14.0. The lowest BCUT2D eigenvalue weighted by Crippen LogP contribution is -2.45. The first-order chi connectivity index (χ1) is 18.6. The van der Waals surface area contributed by atoms with Crippen LogP contribution in [0, 0.1) is 29.6 Å². The second kappa shape index (κ2) is 9.38. The van der Waals surface area contributed by atoms with E-state index in [0.29, 0.717) is 40.7 Å². The maximum atomic E-state index is 13.8. The highest BCUT2D eigenvalue weighted by Gasteiger charge is 2.59. The number of benzene rings is 2. The number of hydrogen-bond acceptors (Lipinski definition) is 6. The van der Waals surface area contributed by atoms with Gasteiger partial charge in [-0.2, -0.15) is 15.4 Å². The van der Waals surface area contributed by atoms with Gasteiger partial charge in [-0.15, -0.1) is 0 Å². The highest BCUT2D eigenvalue weighted by molar-refractivity contribution is 5.97. The SMILES string of the molecule is COCCCN1CC(C(=O)N2CC3C(C2)[C@@H]2CN(C(=O)c4ccc5n[nH]nc5c4)C[C@H]32)Cc2ccccc21. The fourth-order valence-electron chi connectivity index (χ4n) is 7.60. The van der Waals surface area contributed by atoms with Gasteiger partial charge in [-0.3, -0.25) is 9.59 Å². The molecule has 2 saturated heterocycles. The lowest BCUT2D eigenvalue weighted by molar-refractivity contribution is -0.134. The van der Waals surface area contributed by atoms with Crippen molar-refractivity contribution in [2.45, 2.75) is 12.8 Å². The smallest absolute Gasteiger partial charge is 0.253 e. The van der Waals surface area contributed by atoms with Crippen molar-refractivity contribution in [1.82, 2.24) is 25.2 Å². The van der Waals surface area contributed by atoms with Gasteiger partial charge in [0.15, 0.2) is 0 Å². The van der Waals surface area contributed by atoms with Crippen LogP contribution in [0.2, 0.25) is 0 Å². The summed E-state index contributed by atoms with van der Waals surface area (Å²) in [5.41, 5.74) is 4.68. The van der Waals surface area contributed by atoms with Gasteiger partial charge < -0.3 is 19.4 Å². The van der Waals surface area contributed by atoms with Crippen molar-refractivity contribution in [3.8, 4) is 0 Å². The lowest BCUT2D eigenvalue weighted by Gasteiger charge is -2.42. The molecule has 4 heterocycles. The van der Waals surface area contributed by atoms with Crippen LogP contribution in [0.4, 0.5) is 5.69 Å². The van der Waals surface area contributed by atoms with Crippen molar-refractivity contribution >= 4 is 28.5 Å². The first kappa shape index (κ1) is 23.6. The minimum absolute atomic E-state index is 0.00527. The predicted octanol–water partition coefficient (Wildman–Crippen LogP) is 2.45. The highest BCUT2D eigenvalue weighted by atomic mass is 16.5. The summed E-state index contributed by atoms with van der Waals surface area (Å²) in [6.45, 7) is 5.64. The van der Waals surface area contributed by atoms with Gasteiger partial charge in [0, 0.05) is 64.2 Å². The summed E-state index contributed by atoms with van der Waals surface area (Å²) in [5, 5.41) is 10.8. The summed E-state index contributed by atoms with van der Waals surface area (Å²) >= 11 is 0. The van der Waals surface area contributed by atoms with E-state index in [0.717, 1.165) is 64.2 Å². The molecule has 0 radical (unpaired) electrons. The topological polar surface area (TPSA) is 94.7 Å². The number of amides is 2. The molecule has 1 aliphatic carbocycles. The van der Waals surface area contributed by atoms with Crippen LogP contribution in [0.1, 0.15) is 22.3 Å². The molecule has 2 aromatic carbocycles. The van der Waals surface area contributed by atoms with Crippen LogP contribution < -0.4 is 4.90 Å². The average Bonchev–Trinajstić information content (AvgIpc) is 3.66. The molecule has 0 bridgehead atoms. The van der Waals surface area contributed by atoms with Crippen LogP contribution in [0.3, 0.4) is 0 Å². The van der Waals surface area contributed by atoms with Crippen molar-refractivity contribution in [3.05, 3.63) is 53.6 Å². The van der Waals surface area contributed by atoms with Gasteiger partial charge in [-0.25, -0.2) is 0 Å². The number of aromatic nitrogens is 3. The van der Waals surface area contributed by atoms with Crippen molar-refractivity contribution in [2.24, 2.45) is 29.6 Å². The number of carbonyl (C=O) groups is 2. The van der Waals surface area contributed by atoms with Gasteiger partial charge in [0.05, 0.1) is 5.92 Å². The van der Waals surface area contributed by atoms with Crippen molar-refractivity contribution < 1.29 is 14.3 Å². The van der Waals surface area contributed by atoms with Gasteiger partial charge >= 0.3 is 0 Å². The first-order valence-corrected chi connectivity index (χ1v) is 13.8. The normalized spacial score (nSPS) is 27.7. The highest BCUT2D eigenvalue weighted by Crippen LogP contribution is 2.54. The fourth-order valence-corrected chi connectivity index (χ4v) is 7.60. The molecule has 9 heteroatoms. The number of nitrogens with zero attached hydrogens (tertiary/aromatic N) is 5. The van der Waals surface area contributed by atoms with E-state index < -0.39 is 0 Å². The molecule has 1 N–H and O–H groups in total. The maximum absolute atomic E-state index is 13.8. The van der Waals surface area contributed by atoms with Gasteiger partial charge in [-0.05, 0) is 66.3 Å². The number of rotatable bonds is 6. The van der Waals surface area contributed by atoms with Crippen LogP contribution in [-0.2, 0) is 16.0 Å². The number of aromatic amines is 1. The number of para-hydroxylation sites is 1. The van der Waals surface area contributed by atoms with Crippen molar-refractivity contribution in [1.29, 1.82) is 0 Å². The van der Waals surface area contributed by atoms with E-state index in [1.807, 2.05) is 23.1 Å². The molecular weight excluding hydrogens is 480 g/mol. The zero-order chi connectivity index (χ0) is 25.8. The Bertz CT molecular complexity index is 1350. The Morgan fingerprint density at radius 1 is 0.921 bits per heavy atom. The van der Waals surface area contributed by atoms with E-state index >= 15 is 0 Å². The number of carbonyl (C=O) groups excluding carboxylic acids is 2. The average molecular weight is 515 g/mol. The molecule has 7 rings (SSSR count). The Morgan fingerprint density at radius 2 is 1.63 bits per heavy atom. The van der Waals surface area contributed by atoms with E-state index in [1.165, 1.54) is 11.3 Å². The quantitative estimate of drug-likeness (QED) is 0.508. The molecule has 3 aromatic rings. The molecule has 2 amide bonds. The Kier molecular flexibility index (Phi) is 5.83. The Hall–Kier alpha value is -3.46. The van der Waals surface area contributed by atoms with Gasteiger partial charge in [-0.1, -0.05) is 18.2 Å². The molecule has 4 aliphatic rings. The molecule has 1 aromatic heterocycles. The van der Waals surface area contributed by atoms with E-state index in [1.54, 1.807) is 7.11 Å². The van der Waals surface area contributed by atoms with E-state index in [9.17, 15) is 9.59 Å². The summed E-state index contributed by atoms with van der Waals surface area (Å²) in [5.74, 6) is 2.38. The number of hydrogen-bond donors (Lipinski definition) is 1. The number of likely N-dealkylation sites (tertiary alicyclic amines) is 2. The molecule has 5 atom stereocenters. The van der Waals surface area contributed by atoms with Gasteiger partial charge in [0.25, 0.3) is 5.91 Å². The number of fused-ring (bicyclic) bond motifs is 6. The maximum Gasteiger partial charge on any atom is 0.253 e. The Balaban J connectivity index is 0.994. The molecule has 1 saturated carbocycles. The largest absolute Gasteiger partial charge is 0.385 e. The summed E-state index contributed by atoms with van der Waals surface area (Å²) in [6.07, 6.45) is 1.76. The van der Waals surface area contributed by atoms with Crippen LogP contribution in [0.25, 0.3) is 11.0 Å². The minimum Gasteiger partial charge on any atom is -0.385 e. The zero-order valence-corrected chi connectivity index (χ0v) is 21.8. The van der Waals surface area contributed by atoms with Gasteiger partial charge in [0.1, 0.15) is 11.0 Å². The summed E-state index contributed by atoms with van der Waals surface area (Å²) < 4.78 is 5.27. The molecular formula is C29H34N6O3. The number of methoxy groups -OCH3 is 1.